The molecule has 4 aromatic rings. The molecule has 0 aliphatic heterocycles. The quantitative estimate of drug-likeness (QED) is 0.478. The first-order valence-electron chi connectivity index (χ1n) is 9.41. The van der Waals surface area contributed by atoms with Crippen LogP contribution in [0.15, 0.2) is 53.1 Å². The lowest BCUT2D eigenvalue weighted by Crippen LogP contribution is -2.29. The Balaban J connectivity index is 2.22. The van der Waals surface area contributed by atoms with Crippen LogP contribution in [0, 0.1) is 13.8 Å². The number of nitrogens with zero attached hydrogens (tertiary/aromatic N) is 3. The molecule has 2 aromatic carbocycles. The summed E-state index contributed by atoms with van der Waals surface area (Å²) in [6, 6.07) is 15.0. The van der Waals surface area contributed by atoms with E-state index >= 15 is 0 Å². The zero-order valence-electron chi connectivity index (χ0n) is 17.5. The maximum Gasteiger partial charge on any atom is 0.308 e. The standard InChI is InChI=1S/C22H23N3O4S/c1-14-20(15(2)29-23-14)22-21(16-10-12-17(28-5)13-11-16)18-8-6-7-9-19(18)25(22)30(26,27)24(3)4/h6-13H,1-5H3. The zero-order chi connectivity index (χ0) is 21.6. The van der Waals surface area contributed by atoms with E-state index in [-0.39, 0.29) is 0 Å². The minimum atomic E-state index is -3.84. The van der Waals surface area contributed by atoms with E-state index in [1.54, 1.807) is 14.0 Å². The van der Waals surface area contributed by atoms with Gasteiger partial charge in [0, 0.05) is 25.0 Å². The fraction of sp³-hybridized carbons (Fsp3) is 0.227. The minimum Gasteiger partial charge on any atom is -0.497 e. The van der Waals surface area contributed by atoms with Crippen molar-refractivity contribution in [3.8, 4) is 28.1 Å². The molecule has 0 saturated heterocycles. The van der Waals surface area contributed by atoms with Crippen molar-refractivity contribution in [1.82, 2.24) is 13.4 Å². The molecule has 0 aliphatic carbocycles. The molecule has 0 saturated carbocycles. The van der Waals surface area contributed by atoms with Gasteiger partial charge in [-0.25, -0.2) is 3.97 Å². The van der Waals surface area contributed by atoms with Crippen LogP contribution in [0.5, 0.6) is 5.75 Å². The minimum absolute atomic E-state index is 0.534. The summed E-state index contributed by atoms with van der Waals surface area (Å²) in [6.45, 7) is 3.60. The Bertz CT molecular complexity index is 1310. The molecule has 0 radical (unpaired) electrons. The van der Waals surface area contributed by atoms with E-state index in [4.69, 9.17) is 9.26 Å². The van der Waals surface area contributed by atoms with Gasteiger partial charge in [-0.15, -0.1) is 0 Å². The SMILES string of the molecule is COc1ccc(-c2c(-c3c(C)noc3C)n(S(=O)(=O)N(C)C)c3ccccc23)cc1. The number of para-hydroxylation sites is 1. The molecule has 8 heteroatoms. The highest BCUT2D eigenvalue weighted by molar-refractivity contribution is 7.87. The average Bonchev–Trinajstić information content (AvgIpc) is 3.24. The van der Waals surface area contributed by atoms with Crippen LogP contribution in [0.25, 0.3) is 33.3 Å². The number of hydrogen-bond acceptors (Lipinski definition) is 5. The van der Waals surface area contributed by atoms with Gasteiger partial charge in [0.1, 0.15) is 11.5 Å². The molecule has 0 amide bonds. The smallest absolute Gasteiger partial charge is 0.308 e. The topological polar surface area (TPSA) is 77.6 Å². The second-order valence-electron chi connectivity index (χ2n) is 7.22. The Morgan fingerprint density at radius 1 is 1.00 bits per heavy atom. The maximum atomic E-state index is 13.4. The van der Waals surface area contributed by atoms with Gasteiger partial charge in [0.05, 0.1) is 29.6 Å². The van der Waals surface area contributed by atoms with Crippen LogP contribution in [0.2, 0.25) is 0 Å². The van der Waals surface area contributed by atoms with Crippen LogP contribution in [0.4, 0.5) is 0 Å². The number of aryl methyl sites for hydroxylation is 2. The number of rotatable bonds is 5. The van der Waals surface area contributed by atoms with Crippen LogP contribution in [0.3, 0.4) is 0 Å². The number of methoxy groups -OCH3 is 1. The lowest BCUT2D eigenvalue weighted by Gasteiger charge is -2.17. The predicted octanol–water partition coefficient (Wildman–Crippen LogP) is 4.24. The van der Waals surface area contributed by atoms with Crippen molar-refractivity contribution in [2.24, 2.45) is 0 Å². The number of ether oxygens (including phenoxy) is 1. The Morgan fingerprint density at radius 3 is 2.23 bits per heavy atom. The van der Waals surface area contributed by atoms with Crippen molar-refractivity contribution >= 4 is 21.1 Å². The Morgan fingerprint density at radius 2 is 1.67 bits per heavy atom. The summed E-state index contributed by atoms with van der Waals surface area (Å²) >= 11 is 0. The van der Waals surface area contributed by atoms with E-state index in [0.29, 0.717) is 28.2 Å². The summed E-state index contributed by atoms with van der Waals surface area (Å²) in [5.74, 6) is 1.28. The molecule has 0 fully saturated rings. The molecule has 0 bridgehead atoms. The Hall–Kier alpha value is -3.10. The first-order valence-corrected chi connectivity index (χ1v) is 10.8. The van der Waals surface area contributed by atoms with Crippen LogP contribution in [0.1, 0.15) is 11.5 Å². The fourth-order valence-corrected chi connectivity index (χ4v) is 4.86. The number of hydrogen-bond donors (Lipinski definition) is 0. The summed E-state index contributed by atoms with van der Waals surface area (Å²) < 4.78 is 40.2. The van der Waals surface area contributed by atoms with E-state index in [0.717, 1.165) is 22.3 Å². The summed E-state index contributed by atoms with van der Waals surface area (Å²) in [7, 11) is 0.817. The third-order valence-electron chi connectivity index (χ3n) is 5.17. The van der Waals surface area contributed by atoms with Crippen molar-refractivity contribution in [3.05, 3.63) is 60.0 Å². The van der Waals surface area contributed by atoms with E-state index in [2.05, 4.69) is 5.16 Å². The summed E-state index contributed by atoms with van der Waals surface area (Å²) in [5.41, 5.74) is 4.09. The molecule has 156 valence electrons. The molecule has 0 N–H and O–H groups in total. The fourth-order valence-electron chi connectivity index (χ4n) is 3.71. The molecule has 0 atom stereocenters. The second-order valence-corrected chi connectivity index (χ2v) is 9.21. The van der Waals surface area contributed by atoms with E-state index in [9.17, 15) is 8.42 Å². The van der Waals surface area contributed by atoms with Crippen LogP contribution in [-0.2, 0) is 10.2 Å². The number of aromatic nitrogens is 2. The largest absolute Gasteiger partial charge is 0.497 e. The molecule has 2 heterocycles. The average molecular weight is 426 g/mol. The van der Waals surface area contributed by atoms with Crippen molar-refractivity contribution < 1.29 is 17.7 Å². The summed E-state index contributed by atoms with van der Waals surface area (Å²) in [6.07, 6.45) is 0. The molecule has 0 spiro atoms. The first kappa shape index (κ1) is 20.2. The van der Waals surface area contributed by atoms with Gasteiger partial charge in [-0.2, -0.15) is 12.7 Å². The van der Waals surface area contributed by atoms with Crippen LogP contribution in [-0.4, -0.2) is 43.1 Å². The molecule has 7 nitrogen and oxygen atoms in total. The van der Waals surface area contributed by atoms with Gasteiger partial charge in [0.2, 0.25) is 0 Å². The van der Waals surface area contributed by atoms with Gasteiger partial charge in [-0.3, -0.25) is 0 Å². The predicted molar refractivity (Wildman–Crippen MR) is 117 cm³/mol. The zero-order valence-corrected chi connectivity index (χ0v) is 18.3. The van der Waals surface area contributed by atoms with Crippen molar-refractivity contribution in [2.45, 2.75) is 13.8 Å². The molecular formula is C22H23N3O4S. The highest BCUT2D eigenvalue weighted by atomic mass is 32.2. The van der Waals surface area contributed by atoms with Crippen molar-refractivity contribution in [2.75, 3.05) is 21.2 Å². The summed E-state index contributed by atoms with van der Waals surface area (Å²) in [4.78, 5) is 0. The van der Waals surface area contributed by atoms with Gasteiger partial charge in [0.25, 0.3) is 0 Å². The highest BCUT2D eigenvalue weighted by Crippen LogP contribution is 2.44. The lowest BCUT2D eigenvalue weighted by molar-refractivity contribution is 0.393. The van der Waals surface area contributed by atoms with Gasteiger partial charge in [0.15, 0.2) is 0 Å². The van der Waals surface area contributed by atoms with Gasteiger partial charge in [-0.1, -0.05) is 35.5 Å². The monoisotopic (exact) mass is 425 g/mol. The van der Waals surface area contributed by atoms with E-state index < -0.39 is 10.2 Å². The molecular weight excluding hydrogens is 402 g/mol. The molecule has 2 aromatic heterocycles. The Kier molecular flexibility index (Phi) is 4.91. The van der Waals surface area contributed by atoms with Crippen molar-refractivity contribution in [3.63, 3.8) is 0 Å². The number of fused-ring (bicyclic) bond motifs is 1. The second kappa shape index (κ2) is 7.30. The molecule has 30 heavy (non-hydrogen) atoms. The van der Waals surface area contributed by atoms with Crippen LogP contribution >= 0.6 is 0 Å². The Labute approximate surface area is 175 Å². The van der Waals surface area contributed by atoms with Gasteiger partial charge >= 0.3 is 10.2 Å². The third-order valence-corrected chi connectivity index (χ3v) is 6.94. The van der Waals surface area contributed by atoms with E-state index in [1.807, 2.05) is 55.5 Å². The van der Waals surface area contributed by atoms with Crippen LogP contribution < -0.4 is 4.74 Å². The summed E-state index contributed by atoms with van der Waals surface area (Å²) in [5, 5.41) is 4.90. The highest BCUT2D eigenvalue weighted by Gasteiger charge is 2.31. The lowest BCUT2D eigenvalue weighted by atomic mass is 9.97. The molecule has 0 unspecified atom stereocenters. The molecule has 4 rings (SSSR count). The molecule has 0 aliphatic rings. The van der Waals surface area contributed by atoms with E-state index in [1.165, 1.54) is 22.4 Å². The first-order chi connectivity index (χ1) is 14.3. The van der Waals surface area contributed by atoms with Gasteiger partial charge < -0.3 is 9.26 Å². The maximum absolute atomic E-state index is 13.4. The number of benzene rings is 2. The van der Waals surface area contributed by atoms with Crippen molar-refractivity contribution in [1.29, 1.82) is 0 Å². The normalized spacial score (nSPS) is 12.1. The third kappa shape index (κ3) is 3.00. The van der Waals surface area contributed by atoms with Gasteiger partial charge in [-0.05, 0) is 37.6 Å².